The first kappa shape index (κ1) is 59.2. The molecule has 0 bridgehead atoms. The van der Waals surface area contributed by atoms with Crippen molar-refractivity contribution in [2.24, 2.45) is 44.3 Å². The van der Waals surface area contributed by atoms with Crippen LogP contribution in [0.25, 0.3) is 0 Å². The van der Waals surface area contributed by atoms with Gasteiger partial charge in [-0.25, -0.2) is 0 Å². The lowest BCUT2D eigenvalue weighted by Crippen LogP contribution is -2.68. The molecule has 76 heavy (non-hydrogen) atoms. The molecule has 0 spiro atoms. The molecule has 22 nitrogen and oxygen atoms in total. The predicted octanol–water partition coefficient (Wildman–Crippen LogP) is -1.64. The zero-order valence-corrected chi connectivity index (χ0v) is 45.0. The number of rotatable bonds is 12. The van der Waals surface area contributed by atoms with Crippen LogP contribution < -0.4 is 0 Å². The van der Waals surface area contributed by atoms with Gasteiger partial charge in [-0.2, -0.15) is 0 Å². The third kappa shape index (κ3) is 9.34. The highest BCUT2D eigenvalue weighted by Crippen LogP contribution is 2.74. The molecule has 436 valence electrons. The lowest BCUT2D eigenvalue weighted by atomic mass is 9.35. The Morgan fingerprint density at radius 2 is 1.12 bits per heavy atom. The van der Waals surface area contributed by atoms with Gasteiger partial charge in [0.15, 0.2) is 25.2 Å². The SMILES string of the molecule is CC1OC(OC2C(CO)OC(OC3C(C)OC(OC4CCC5(C)C(CCC6(C)C5C=CC5=C7CC(C)(C)CCC7(CO)C(O)CC56C)C4(C)CO)C(OC4OC(CO)C(O)C(O)C4O)C3O)C(O)C2O)C(O)C(O)C1O. The van der Waals surface area contributed by atoms with Crippen molar-refractivity contribution < 1.29 is 109 Å². The van der Waals surface area contributed by atoms with Crippen molar-refractivity contribution in [2.75, 3.05) is 26.4 Å². The first-order valence-electron chi connectivity index (χ1n) is 27.5. The van der Waals surface area contributed by atoms with Crippen LogP contribution >= 0.6 is 0 Å². The van der Waals surface area contributed by atoms with Gasteiger partial charge >= 0.3 is 0 Å². The molecule has 0 amide bonds. The first-order valence-corrected chi connectivity index (χ1v) is 27.5. The second-order valence-electron chi connectivity index (χ2n) is 25.9. The zero-order valence-electron chi connectivity index (χ0n) is 45.0. The van der Waals surface area contributed by atoms with Gasteiger partial charge < -0.3 is 109 Å². The highest BCUT2D eigenvalue weighted by Gasteiger charge is 2.69. The molecule has 9 rings (SSSR count). The van der Waals surface area contributed by atoms with Gasteiger partial charge in [-0.3, -0.25) is 0 Å². The number of hydrogen-bond donors (Lipinski definition) is 14. The minimum absolute atomic E-state index is 0.00861. The molecule has 14 N–H and O–H groups in total. The number of aliphatic hydroxyl groups is 14. The minimum Gasteiger partial charge on any atom is -0.396 e. The monoisotopic (exact) mass is 1090 g/mol. The van der Waals surface area contributed by atoms with Crippen molar-refractivity contribution in [3.63, 3.8) is 0 Å². The third-order valence-electron chi connectivity index (χ3n) is 21.0. The van der Waals surface area contributed by atoms with E-state index in [0.29, 0.717) is 32.1 Å². The fourth-order valence-corrected chi connectivity index (χ4v) is 16.0. The van der Waals surface area contributed by atoms with E-state index in [0.717, 1.165) is 19.3 Å². The second-order valence-corrected chi connectivity index (χ2v) is 25.9. The summed E-state index contributed by atoms with van der Waals surface area (Å²) in [6, 6.07) is 0. The summed E-state index contributed by atoms with van der Waals surface area (Å²) in [5, 5.41) is 154. The Morgan fingerprint density at radius 3 is 1.75 bits per heavy atom. The van der Waals surface area contributed by atoms with Crippen LogP contribution in [-0.4, -0.2) is 233 Å². The van der Waals surface area contributed by atoms with Crippen molar-refractivity contribution in [1.82, 2.24) is 0 Å². The third-order valence-corrected chi connectivity index (χ3v) is 21.0. The van der Waals surface area contributed by atoms with E-state index in [1.807, 2.05) is 6.92 Å². The molecule has 29 unspecified atom stereocenters. The molecule has 4 aliphatic heterocycles. The summed E-state index contributed by atoms with van der Waals surface area (Å²) in [6.07, 6.45) is -24.1. The molecule has 0 radical (unpaired) electrons. The van der Waals surface area contributed by atoms with Gasteiger partial charge in [0.2, 0.25) is 0 Å². The van der Waals surface area contributed by atoms with Crippen LogP contribution in [0.15, 0.2) is 23.3 Å². The second kappa shape index (κ2) is 21.4. The molecular formula is C54H88O22. The van der Waals surface area contributed by atoms with E-state index in [2.05, 4.69) is 46.8 Å². The number of ether oxygens (including phenoxy) is 8. The van der Waals surface area contributed by atoms with Crippen LogP contribution in [0.2, 0.25) is 0 Å². The van der Waals surface area contributed by atoms with Crippen LogP contribution in [0.5, 0.6) is 0 Å². The Bertz CT molecular complexity index is 2110. The molecule has 9 aliphatic rings. The molecule has 0 aromatic heterocycles. The normalized spacial score (nSPS) is 55.3. The molecule has 22 heteroatoms. The topological polar surface area (TPSA) is 357 Å². The molecule has 29 atom stereocenters. The maximum atomic E-state index is 12.4. The van der Waals surface area contributed by atoms with Gasteiger partial charge in [0.1, 0.15) is 85.5 Å². The van der Waals surface area contributed by atoms with Crippen LogP contribution in [0.4, 0.5) is 0 Å². The van der Waals surface area contributed by atoms with Gasteiger partial charge in [-0.05, 0) is 98.9 Å². The van der Waals surface area contributed by atoms with Crippen LogP contribution in [0.1, 0.15) is 107 Å². The smallest absolute Gasteiger partial charge is 0.187 e. The van der Waals surface area contributed by atoms with Gasteiger partial charge in [0.05, 0.1) is 50.8 Å². The number of allylic oxidation sites excluding steroid dienone is 3. The van der Waals surface area contributed by atoms with Crippen LogP contribution in [0, 0.1) is 44.3 Å². The fourth-order valence-electron chi connectivity index (χ4n) is 16.0. The van der Waals surface area contributed by atoms with Crippen molar-refractivity contribution in [3.8, 4) is 0 Å². The van der Waals surface area contributed by atoms with E-state index in [1.54, 1.807) is 0 Å². The van der Waals surface area contributed by atoms with Crippen molar-refractivity contribution >= 4 is 0 Å². The summed E-state index contributed by atoms with van der Waals surface area (Å²) in [5.74, 6) is -0.120. The predicted molar refractivity (Wildman–Crippen MR) is 263 cm³/mol. The van der Waals surface area contributed by atoms with Gasteiger partial charge in [0.25, 0.3) is 0 Å². The maximum Gasteiger partial charge on any atom is 0.187 e. The average Bonchev–Trinajstić information content (AvgIpc) is 3.55. The lowest BCUT2D eigenvalue weighted by Gasteiger charge is -2.70. The van der Waals surface area contributed by atoms with Gasteiger partial charge in [0, 0.05) is 16.2 Å². The van der Waals surface area contributed by atoms with Crippen molar-refractivity contribution in [1.29, 1.82) is 0 Å². The first-order chi connectivity index (χ1) is 35.6. The maximum absolute atomic E-state index is 12.4. The van der Waals surface area contributed by atoms with E-state index in [-0.39, 0.29) is 41.3 Å². The van der Waals surface area contributed by atoms with E-state index in [9.17, 15) is 71.5 Å². The van der Waals surface area contributed by atoms with Crippen LogP contribution in [0.3, 0.4) is 0 Å². The molecular weight excluding hydrogens is 1000 g/mol. The quantitative estimate of drug-likeness (QED) is 0.0975. The summed E-state index contributed by atoms with van der Waals surface area (Å²) in [7, 11) is 0. The molecule has 0 aromatic carbocycles. The summed E-state index contributed by atoms with van der Waals surface area (Å²) in [4.78, 5) is 0. The number of aliphatic hydroxyl groups excluding tert-OH is 14. The summed E-state index contributed by atoms with van der Waals surface area (Å²) >= 11 is 0. The average molecular weight is 1090 g/mol. The van der Waals surface area contributed by atoms with E-state index in [1.165, 1.54) is 25.0 Å². The van der Waals surface area contributed by atoms with Gasteiger partial charge in [-0.1, -0.05) is 59.3 Å². The summed E-state index contributed by atoms with van der Waals surface area (Å²) in [5.41, 5.74) is -0.336. The van der Waals surface area contributed by atoms with E-state index in [4.69, 9.17) is 37.9 Å². The van der Waals surface area contributed by atoms with Gasteiger partial charge in [-0.15, -0.1) is 0 Å². The Morgan fingerprint density at radius 1 is 0.539 bits per heavy atom. The molecule has 7 fully saturated rings. The number of hydrogen-bond acceptors (Lipinski definition) is 22. The Kier molecular flexibility index (Phi) is 16.7. The molecule has 4 saturated heterocycles. The highest BCUT2D eigenvalue weighted by atomic mass is 16.8. The fraction of sp³-hybridized carbons (Fsp3) is 0.926. The minimum atomic E-state index is -1.96. The van der Waals surface area contributed by atoms with Crippen LogP contribution in [-0.2, 0) is 37.9 Å². The Hall–Kier alpha value is -1.40. The summed E-state index contributed by atoms with van der Waals surface area (Å²) in [6.45, 7) is 14.3. The van der Waals surface area contributed by atoms with Crippen molar-refractivity contribution in [2.45, 2.75) is 242 Å². The molecule has 3 saturated carbocycles. The molecule has 0 aromatic rings. The van der Waals surface area contributed by atoms with Crippen molar-refractivity contribution in [3.05, 3.63) is 23.3 Å². The molecule has 4 heterocycles. The van der Waals surface area contributed by atoms with E-state index >= 15 is 0 Å². The number of fused-ring (bicyclic) bond motifs is 6. The largest absolute Gasteiger partial charge is 0.396 e. The lowest BCUT2D eigenvalue weighted by molar-refractivity contribution is -0.398. The van der Waals surface area contributed by atoms with E-state index < -0.39 is 164 Å². The molecule has 5 aliphatic carbocycles. The Balaban J connectivity index is 0.978. The Labute approximate surface area is 444 Å². The highest BCUT2D eigenvalue weighted by molar-refractivity contribution is 5.47. The zero-order chi connectivity index (χ0) is 55.6. The summed E-state index contributed by atoms with van der Waals surface area (Å²) < 4.78 is 48.8. The standard InChI is InChI=1S/C54H88O22/c1-23-33(60)35(62)38(65)45(69-23)75-43-28(20-56)72-47(40(67)37(43)64)74-42-24(2)70-48(44(41(42)68)76-46-39(66)36(63)34(61)27(19-55)71-46)73-32-12-13-50(5)29(51(32,6)21-57)11-14-52(7)30(50)10-9-25-26-17-49(3,4)15-16-54(26,22-58)31(59)18-53(25,52)8/h9-10,23-24,27-48,55-68H,11-22H2,1-8H3.